The van der Waals surface area contributed by atoms with Gasteiger partial charge in [-0.15, -0.1) is 0 Å². The maximum absolute atomic E-state index is 10.1. The molecule has 0 aromatic heterocycles. The van der Waals surface area contributed by atoms with Gasteiger partial charge in [0.25, 0.3) is 0 Å². The molecule has 0 unspecified atom stereocenters. The van der Waals surface area contributed by atoms with Gasteiger partial charge in [0.05, 0.1) is 0 Å². The van der Waals surface area contributed by atoms with E-state index in [9.17, 15) is 4.79 Å². The van der Waals surface area contributed by atoms with Crippen LogP contribution >= 0.6 is 0 Å². The van der Waals surface area contributed by atoms with Crippen molar-refractivity contribution >= 4 is 5.97 Å². The molecule has 0 aromatic carbocycles. The molecule has 0 saturated heterocycles. The van der Waals surface area contributed by atoms with Gasteiger partial charge in [0, 0.05) is 6.42 Å². The first kappa shape index (κ1) is 11.4. The number of aliphatic carboxylic acids is 1. The van der Waals surface area contributed by atoms with Gasteiger partial charge >= 0.3 is 5.97 Å². The summed E-state index contributed by atoms with van der Waals surface area (Å²) < 4.78 is 0. The Morgan fingerprint density at radius 1 is 1.42 bits per heavy atom. The van der Waals surface area contributed by atoms with Gasteiger partial charge in [-0.1, -0.05) is 13.8 Å². The molecule has 12 heavy (non-hydrogen) atoms. The highest BCUT2D eigenvalue weighted by Crippen LogP contribution is 1.94. The van der Waals surface area contributed by atoms with E-state index in [2.05, 4.69) is 19.2 Å². The van der Waals surface area contributed by atoms with E-state index in [0.29, 0.717) is 12.3 Å². The Bertz CT molecular complexity index is 124. The first-order valence-corrected chi connectivity index (χ1v) is 4.55. The molecule has 0 rings (SSSR count). The van der Waals surface area contributed by atoms with Crippen LogP contribution in [0.1, 0.15) is 33.1 Å². The molecular formula is C9H19NO2. The molecule has 0 heterocycles. The van der Waals surface area contributed by atoms with E-state index in [0.717, 1.165) is 25.9 Å². The average Bonchev–Trinajstić information content (AvgIpc) is 1.95. The van der Waals surface area contributed by atoms with Crippen LogP contribution in [0.25, 0.3) is 0 Å². The number of hydrogen-bond donors (Lipinski definition) is 2. The Balaban J connectivity index is 2.96. The summed E-state index contributed by atoms with van der Waals surface area (Å²) in [5, 5.41) is 11.6. The molecule has 3 nitrogen and oxygen atoms in total. The normalized spacial score (nSPS) is 10.6. The van der Waals surface area contributed by atoms with Crippen LogP contribution in [0.15, 0.2) is 0 Å². The van der Waals surface area contributed by atoms with Crippen LogP contribution < -0.4 is 5.32 Å². The third-order valence-electron chi connectivity index (χ3n) is 1.55. The number of carboxylic acids is 1. The van der Waals surface area contributed by atoms with E-state index in [4.69, 9.17) is 5.11 Å². The van der Waals surface area contributed by atoms with Gasteiger partial charge in [-0.25, -0.2) is 0 Å². The fourth-order valence-electron chi connectivity index (χ4n) is 0.917. The smallest absolute Gasteiger partial charge is 0.303 e. The van der Waals surface area contributed by atoms with Crippen LogP contribution in [0.3, 0.4) is 0 Å². The summed E-state index contributed by atoms with van der Waals surface area (Å²) in [5.74, 6) is -0.0247. The van der Waals surface area contributed by atoms with Gasteiger partial charge in [0.15, 0.2) is 0 Å². The first-order valence-electron chi connectivity index (χ1n) is 4.55. The second kappa shape index (κ2) is 7.10. The standard InChI is InChI=1S/C9H19NO2/c1-8(2)7-10-6-4-3-5-9(11)12/h8,10H,3-7H2,1-2H3,(H,11,12). The minimum absolute atomic E-state index is 0.295. The zero-order valence-electron chi connectivity index (χ0n) is 7.97. The summed E-state index contributed by atoms with van der Waals surface area (Å²) in [7, 11) is 0. The second-order valence-electron chi connectivity index (χ2n) is 3.45. The largest absolute Gasteiger partial charge is 0.481 e. The third-order valence-corrected chi connectivity index (χ3v) is 1.55. The van der Waals surface area contributed by atoms with Crippen LogP contribution in [0.2, 0.25) is 0 Å². The molecular weight excluding hydrogens is 154 g/mol. The molecule has 0 fully saturated rings. The van der Waals surface area contributed by atoms with Crippen LogP contribution in [0.5, 0.6) is 0 Å². The summed E-state index contributed by atoms with van der Waals surface area (Å²) in [6, 6.07) is 0. The zero-order chi connectivity index (χ0) is 9.40. The van der Waals surface area contributed by atoms with E-state index >= 15 is 0 Å². The number of carboxylic acid groups (broad SMARTS) is 1. The van der Waals surface area contributed by atoms with Gasteiger partial charge in [0.1, 0.15) is 0 Å². The first-order chi connectivity index (χ1) is 5.63. The van der Waals surface area contributed by atoms with E-state index in [-0.39, 0.29) is 0 Å². The molecule has 0 aromatic rings. The number of carbonyl (C=O) groups is 1. The highest BCUT2D eigenvalue weighted by molar-refractivity contribution is 5.66. The predicted octanol–water partition coefficient (Wildman–Crippen LogP) is 1.49. The summed E-state index contributed by atoms with van der Waals surface area (Å²) in [6.45, 7) is 6.27. The van der Waals surface area contributed by atoms with Crippen molar-refractivity contribution in [2.24, 2.45) is 5.92 Å². The predicted molar refractivity (Wildman–Crippen MR) is 49.2 cm³/mol. The summed E-state index contributed by atoms with van der Waals surface area (Å²) in [5.41, 5.74) is 0. The minimum Gasteiger partial charge on any atom is -0.481 e. The molecule has 0 aliphatic rings. The second-order valence-corrected chi connectivity index (χ2v) is 3.45. The van der Waals surface area contributed by atoms with Gasteiger partial charge < -0.3 is 10.4 Å². The molecule has 0 radical (unpaired) electrons. The van der Waals surface area contributed by atoms with E-state index < -0.39 is 5.97 Å². The fourth-order valence-corrected chi connectivity index (χ4v) is 0.917. The van der Waals surface area contributed by atoms with Gasteiger partial charge in [-0.2, -0.15) is 0 Å². The maximum Gasteiger partial charge on any atom is 0.303 e. The topological polar surface area (TPSA) is 49.3 Å². The molecule has 0 amide bonds. The zero-order valence-corrected chi connectivity index (χ0v) is 7.97. The Hall–Kier alpha value is -0.570. The minimum atomic E-state index is -0.696. The maximum atomic E-state index is 10.1. The Morgan fingerprint density at radius 3 is 2.58 bits per heavy atom. The summed E-state index contributed by atoms with van der Waals surface area (Å²) in [6.07, 6.45) is 2.03. The molecule has 0 spiro atoms. The SMILES string of the molecule is CC(C)CNCCCCC(=O)O. The fraction of sp³-hybridized carbons (Fsp3) is 0.889. The molecule has 0 aliphatic heterocycles. The lowest BCUT2D eigenvalue weighted by Crippen LogP contribution is -2.20. The molecule has 0 aliphatic carbocycles. The van der Waals surface area contributed by atoms with Crippen molar-refractivity contribution in [3.63, 3.8) is 0 Å². The van der Waals surface area contributed by atoms with E-state index in [1.807, 2.05) is 0 Å². The number of hydrogen-bond acceptors (Lipinski definition) is 2. The number of rotatable bonds is 7. The quantitative estimate of drug-likeness (QED) is 0.573. The van der Waals surface area contributed by atoms with E-state index in [1.54, 1.807) is 0 Å². The third kappa shape index (κ3) is 9.43. The van der Waals surface area contributed by atoms with Crippen molar-refractivity contribution < 1.29 is 9.90 Å². The molecule has 72 valence electrons. The molecule has 2 N–H and O–H groups in total. The van der Waals surface area contributed by atoms with Crippen molar-refractivity contribution in [3.8, 4) is 0 Å². The highest BCUT2D eigenvalue weighted by atomic mass is 16.4. The molecule has 0 atom stereocenters. The lowest BCUT2D eigenvalue weighted by Gasteiger charge is -2.05. The summed E-state index contributed by atoms with van der Waals surface area (Å²) >= 11 is 0. The van der Waals surface area contributed by atoms with Gasteiger partial charge in [0.2, 0.25) is 0 Å². The Morgan fingerprint density at radius 2 is 2.08 bits per heavy atom. The Kier molecular flexibility index (Phi) is 6.76. The van der Waals surface area contributed by atoms with Crippen molar-refractivity contribution in [2.45, 2.75) is 33.1 Å². The lowest BCUT2D eigenvalue weighted by atomic mass is 10.2. The van der Waals surface area contributed by atoms with E-state index in [1.165, 1.54) is 0 Å². The lowest BCUT2D eigenvalue weighted by molar-refractivity contribution is -0.137. The highest BCUT2D eigenvalue weighted by Gasteiger charge is 1.96. The van der Waals surface area contributed by atoms with Crippen LogP contribution in [0.4, 0.5) is 0 Å². The number of unbranched alkanes of at least 4 members (excludes halogenated alkanes) is 1. The van der Waals surface area contributed by atoms with Crippen molar-refractivity contribution in [3.05, 3.63) is 0 Å². The van der Waals surface area contributed by atoms with Crippen molar-refractivity contribution in [1.82, 2.24) is 5.32 Å². The molecule has 0 bridgehead atoms. The van der Waals surface area contributed by atoms with Crippen molar-refractivity contribution in [2.75, 3.05) is 13.1 Å². The van der Waals surface area contributed by atoms with Gasteiger partial charge in [-0.3, -0.25) is 4.79 Å². The van der Waals surface area contributed by atoms with Crippen LogP contribution in [-0.4, -0.2) is 24.2 Å². The molecule has 0 saturated carbocycles. The average molecular weight is 173 g/mol. The summed E-state index contributed by atoms with van der Waals surface area (Å²) in [4.78, 5) is 10.1. The number of nitrogens with one attached hydrogen (secondary N) is 1. The van der Waals surface area contributed by atoms with Crippen LogP contribution in [-0.2, 0) is 4.79 Å². The monoisotopic (exact) mass is 173 g/mol. The van der Waals surface area contributed by atoms with Crippen LogP contribution in [0, 0.1) is 5.92 Å². The van der Waals surface area contributed by atoms with Gasteiger partial charge in [-0.05, 0) is 31.8 Å². The molecule has 3 heteroatoms. The Labute approximate surface area is 74.2 Å². The van der Waals surface area contributed by atoms with Crippen molar-refractivity contribution in [1.29, 1.82) is 0 Å².